The molecular formula is C12H16ClN3. The van der Waals surface area contributed by atoms with Crippen LogP contribution in [-0.4, -0.2) is 28.9 Å². The summed E-state index contributed by atoms with van der Waals surface area (Å²) in [5, 5.41) is 3.28. The van der Waals surface area contributed by atoms with Crippen molar-refractivity contribution in [2.24, 2.45) is 0 Å². The number of hydrogen-bond acceptors (Lipinski definition) is 2. The molecular weight excluding hydrogens is 222 g/mol. The number of halogens is 1. The number of H-pyrrole nitrogens is 1. The van der Waals surface area contributed by atoms with Gasteiger partial charge in [0.05, 0.1) is 11.0 Å². The van der Waals surface area contributed by atoms with E-state index in [1.54, 1.807) is 0 Å². The summed E-state index contributed by atoms with van der Waals surface area (Å²) in [6, 6.07) is 6.36. The van der Waals surface area contributed by atoms with Crippen LogP contribution in [0, 0.1) is 6.92 Å². The second-order valence-electron chi connectivity index (χ2n) is 3.86. The van der Waals surface area contributed by atoms with Crippen LogP contribution in [0.4, 0.5) is 0 Å². The Morgan fingerprint density at radius 2 is 2.25 bits per heavy atom. The van der Waals surface area contributed by atoms with E-state index in [9.17, 15) is 0 Å². The van der Waals surface area contributed by atoms with E-state index in [0.717, 1.165) is 36.4 Å². The van der Waals surface area contributed by atoms with Gasteiger partial charge in [0.25, 0.3) is 0 Å². The van der Waals surface area contributed by atoms with Crippen molar-refractivity contribution >= 4 is 22.6 Å². The van der Waals surface area contributed by atoms with E-state index in [1.807, 2.05) is 6.92 Å². The maximum atomic E-state index is 5.59. The zero-order valence-electron chi connectivity index (χ0n) is 9.39. The van der Waals surface area contributed by atoms with Gasteiger partial charge in [0.15, 0.2) is 0 Å². The van der Waals surface area contributed by atoms with Crippen molar-refractivity contribution in [1.29, 1.82) is 0 Å². The number of benzene rings is 1. The van der Waals surface area contributed by atoms with Crippen LogP contribution >= 0.6 is 11.6 Å². The van der Waals surface area contributed by atoms with Crippen LogP contribution in [0.5, 0.6) is 0 Å². The van der Waals surface area contributed by atoms with E-state index in [4.69, 9.17) is 11.6 Å². The predicted molar refractivity (Wildman–Crippen MR) is 68.1 cm³/mol. The third kappa shape index (κ3) is 2.74. The number of rotatable bonds is 5. The third-order valence-electron chi connectivity index (χ3n) is 2.53. The largest absolute Gasteiger partial charge is 0.342 e. The van der Waals surface area contributed by atoms with E-state index < -0.39 is 0 Å². The number of imidazole rings is 1. The van der Waals surface area contributed by atoms with Crippen LogP contribution in [0.15, 0.2) is 18.2 Å². The molecule has 0 aliphatic carbocycles. The topological polar surface area (TPSA) is 40.7 Å². The molecule has 0 bridgehead atoms. The zero-order valence-corrected chi connectivity index (χ0v) is 10.1. The van der Waals surface area contributed by atoms with Crippen molar-refractivity contribution in [1.82, 2.24) is 15.3 Å². The molecule has 1 aromatic carbocycles. The van der Waals surface area contributed by atoms with Crippen LogP contribution in [0.25, 0.3) is 11.0 Å². The predicted octanol–water partition coefficient (Wildman–Crippen LogP) is 2.24. The number of aryl methyl sites for hydroxylation is 1. The molecule has 3 nitrogen and oxygen atoms in total. The average Bonchev–Trinajstić information content (AvgIpc) is 2.64. The van der Waals surface area contributed by atoms with Gasteiger partial charge in [-0.2, -0.15) is 0 Å². The molecule has 0 saturated carbocycles. The summed E-state index contributed by atoms with van der Waals surface area (Å²) in [7, 11) is 0. The van der Waals surface area contributed by atoms with Gasteiger partial charge < -0.3 is 10.3 Å². The number of alkyl halides is 1. The molecule has 0 atom stereocenters. The monoisotopic (exact) mass is 237 g/mol. The Hall–Kier alpha value is -1.06. The number of aromatic nitrogens is 2. The molecule has 86 valence electrons. The van der Waals surface area contributed by atoms with E-state index >= 15 is 0 Å². The van der Waals surface area contributed by atoms with Gasteiger partial charge in [0, 0.05) is 12.4 Å². The Balaban J connectivity index is 2.02. The standard InChI is InChI=1S/C12H16ClN3/c1-9-15-11-3-2-10(8-12(11)16-9)4-6-14-7-5-13/h2-3,8,14H,4-7H2,1H3,(H,15,16). The highest BCUT2D eigenvalue weighted by atomic mass is 35.5. The Bertz CT molecular complexity index is 464. The summed E-state index contributed by atoms with van der Waals surface area (Å²) in [6.07, 6.45) is 1.02. The second kappa shape index (κ2) is 5.32. The van der Waals surface area contributed by atoms with Crippen LogP contribution < -0.4 is 5.32 Å². The molecule has 0 aliphatic rings. The molecule has 1 heterocycles. The highest BCUT2D eigenvalue weighted by Crippen LogP contribution is 2.13. The smallest absolute Gasteiger partial charge is 0.104 e. The summed E-state index contributed by atoms with van der Waals surface area (Å²) in [5.74, 6) is 1.63. The van der Waals surface area contributed by atoms with Gasteiger partial charge in [-0.15, -0.1) is 11.6 Å². The van der Waals surface area contributed by atoms with E-state index in [1.165, 1.54) is 5.56 Å². The molecule has 2 aromatic rings. The normalized spacial score (nSPS) is 11.1. The maximum absolute atomic E-state index is 5.59. The number of fused-ring (bicyclic) bond motifs is 1. The molecule has 0 radical (unpaired) electrons. The summed E-state index contributed by atoms with van der Waals surface area (Å²) in [5.41, 5.74) is 3.47. The van der Waals surface area contributed by atoms with E-state index in [-0.39, 0.29) is 0 Å². The lowest BCUT2D eigenvalue weighted by molar-refractivity contribution is 0.720. The fraction of sp³-hybridized carbons (Fsp3) is 0.417. The summed E-state index contributed by atoms with van der Waals surface area (Å²) in [6.45, 7) is 3.81. The van der Waals surface area contributed by atoms with Gasteiger partial charge in [-0.1, -0.05) is 6.07 Å². The van der Waals surface area contributed by atoms with Gasteiger partial charge in [-0.3, -0.25) is 0 Å². The van der Waals surface area contributed by atoms with Crippen molar-refractivity contribution in [3.05, 3.63) is 29.6 Å². The SMILES string of the molecule is Cc1nc2ccc(CCNCCCl)cc2[nH]1. The lowest BCUT2D eigenvalue weighted by atomic mass is 10.1. The fourth-order valence-corrected chi connectivity index (χ4v) is 1.90. The van der Waals surface area contributed by atoms with Crippen molar-refractivity contribution < 1.29 is 0 Å². The second-order valence-corrected chi connectivity index (χ2v) is 4.24. The molecule has 0 saturated heterocycles. The number of nitrogens with zero attached hydrogens (tertiary/aromatic N) is 1. The molecule has 0 aliphatic heterocycles. The first kappa shape index (κ1) is 11.4. The molecule has 0 unspecified atom stereocenters. The first-order valence-corrected chi connectivity index (χ1v) is 6.05. The van der Waals surface area contributed by atoms with Crippen LogP contribution in [-0.2, 0) is 6.42 Å². The Morgan fingerprint density at radius 1 is 1.38 bits per heavy atom. The minimum atomic E-state index is 0.665. The van der Waals surface area contributed by atoms with Crippen LogP contribution in [0.3, 0.4) is 0 Å². The summed E-state index contributed by atoms with van der Waals surface area (Å²) in [4.78, 5) is 7.62. The van der Waals surface area contributed by atoms with Gasteiger partial charge in [0.2, 0.25) is 0 Å². The number of nitrogens with one attached hydrogen (secondary N) is 2. The van der Waals surface area contributed by atoms with E-state index in [2.05, 4.69) is 33.5 Å². The van der Waals surface area contributed by atoms with Crippen molar-refractivity contribution in [2.45, 2.75) is 13.3 Å². The zero-order chi connectivity index (χ0) is 11.4. The highest BCUT2D eigenvalue weighted by molar-refractivity contribution is 6.18. The van der Waals surface area contributed by atoms with Crippen molar-refractivity contribution in [2.75, 3.05) is 19.0 Å². The van der Waals surface area contributed by atoms with Gasteiger partial charge in [-0.25, -0.2) is 4.98 Å². The molecule has 2 N–H and O–H groups in total. The average molecular weight is 238 g/mol. The lowest BCUT2D eigenvalue weighted by Crippen LogP contribution is -2.19. The first-order chi connectivity index (χ1) is 7.79. The number of hydrogen-bond donors (Lipinski definition) is 2. The quantitative estimate of drug-likeness (QED) is 0.619. The molecule has 0 fully saturated rings. The minimum Gasteiger partial charge on any atom is -0.342 e. The van der Waals surface area contributed by atoms with Crippen LogP contribution in [0.1, 0.15) is 11.4 Å². The van der Waals surface area contributed by atoms with Crippen molar-refractivity contribution in [3.8, 4) is 0 Å². The third-order valence-corrected chi connectivity index (χ3v) is 2.72. The van der Waals surface area contributed by atoms with Gasteiger partial charge >= 0.3 is 0 Å². The molecule has 0 amide bonds. The first-order valence-electron chi connectivity index (χ1n) is 5.51. The summed E-state index contributed by atoms with van der Waals surface area (Å²) < 4.78 is 0. The Morgan fingerprint density at radius 3 is 3.06 bits per heavy atom. The highest BCUT2D eigenvalue weighted by Gasteiger charge is 2.00. The van der Waals surface area contributed by atoms with Crippen molar-refractivity contribution in [3.63, 3.8) is 0 Å². The Labute approximate surface area is 100 Å². The fourth-order valence-electron chi connectivity index (χ4n) is 1.76. The van der Waals surface area contributed by atoms with Gasteiger partial charge in [0.1, 0.15) is 5.82 Å². The van der Waals surface area contributed by atoms with Gasteiger partial charge in [-0.05, 0) is 37.6 Å². The van der Waals surface area contributed by atoms with Crippen LogP contribution in [0.2, 0.25) is 0 Å². The molecule has 0 spiro atoms. The lowest BCUT2D eigenvalue weighted by Gasteiger charge is -2.02. The maximum Gasteiger partial charge on any atom is 0.104 e. The molecule has 4 heteroatoms. The number of aromatic amines is 1. The molecule has 2 rings (SSSR count). The minimum absolute atomic E-state index is 0.665. The van der Waals surface area contributed by atoms with E-state index in [0.29, 0.717) is 5.88 Å². The molecule has 1 aromatic heterocycles. The molecule has 16 heavy (non-hydrogen) atoms. The Kier molecular flexibility index (Phi) is 3.80. The summed E-state index contributed by atoms with van der Waals surface area (Å²) >= 11 is 5.59.